The molecule has 2 aliphatic rings. The average Bonchev–Trinajstić information content (AvgIpc) is 3.36. The van der Waals surface area contributed by atoms with Gasteiger partial charge in [0, 0.05) is 36.5 Å². The maximum Gasteiger partial charge on any atom is 0.226 e. The Balaban J connectivity index is 1.52. The number of anilines is 1. The van der Waals surface area contributed by atoms with Gasteiger partial charge in [0.25, 0.3) is 0 Å². The fourth-order valence-electron chi connectivity index (χ4n) is 4.42. The van der Waals surface area contributed by atoms with E-state index in [1.54, 1.807) is 6.20 Å². The lowest BCUT2D eigenvalue weighted by Crippen LogP contribution is -2.26. The van der Waals surface area contributed by atoms with Crippen LogP contribution >= 0.6 is 0 Å². The van der Waals surface area contributed by atoms with E-state index in [0.29, 0.717) is 18.3 Å². The Kier molecular flexibility index (Phi) is 4.15. The number of aryl methyl sites for hydroxylation is 1. The van der Waals surface area contributed by atoms with Gasteiger partial charge in [-0.1, -0.05) is 18.9 Å². The maximum absolute atomic E-state index is 12.5. The predicted octanol–water partition coefficient (Wildman–Crippen LogP) is 3.63. The number of fused-ring (bicyclic) bond motifs is 1. The maximum atomic E-state index is 12.5. The van der Waals surface area contributed by atoms with Gasteiger partial charge in [-0.25, -0.2) is 14.6 Å². The molecule has 28 heavy (non-hydrogen) atoms. The second-order valence-corrected chi connectivity index (χ2v) is 7.59. The topological polar surface area (TPSA) is 85.6 Å². The van der Waals surface area contributed by atoms with Gasteiger partial charge < -0.3 is 5.32 Å². The molecule has 142 valence electrons. The van der Waals surface area contributed by atoms with Crippen LogP contribution in [0.1, 0.15) is 60.9 Å². The lowest BCUT2D eigenvalue weighted by Gasteiger charge is -2.25. The van der Waals surface area contributed by atoms with Gasteiger partial charge in [0.2, 0.25) is 5.91 Å². The van der Waals surface area contributed by atoms with Crippen molar-refractivity contribution in [2.45, 2.75) is 51.0 Å². The van der Waals surface area contributed by atoms with E-state index in [4.69, 9.17) is 5.10 Å². The first kappa shape index (κ1) is 17.0. The van der Waals surface area contributed by atoms with Gasteiger partial charge in [0.15, 0.2) is 5.82 Å². The Morgan fingerprint density at radius 1 is 1.11 bits per heavy atom. The minimum absolute atomic E-state index is 0.0189. The first-order valence-electron chi connectivity index (χ1n) is 9.83. The molecule has 0 aromatic carbocycles. The van der Waals surface area contributed by atoms with Gasteiger partial charge in [-0.3, -0.25) is 9.78 Å². The molecular formula is C21H22N6O. The van der Waals surface area contributed by atoms with Crippen LogP contribution in [0.4, 0.5) is 5.82 Å². The van der Waals surface area contributed by atoms with E-state index in [2.05, 4.69) is 20.3 Å². The number of hydrogen-bond acceptors (Lipinski definition) is 5. The van der Waals surface area contributed by atoms with E-state index < -0.39 is 0 Å². The Morgan fingerprint density at radius 3 is 2.61 bits per heavy atom. The number of carbonyl (C=O) groups is 1. The van der Waals surface area contributed by atoms with Crippen LogP contribution in [0.15, 0.2) is 36.8 Å². The van der Waals surface area contributed by atoms with Crippen LogP contribution in [0.25, 0.3) is 11.5 Å². The fourth-order valence-corrected chi connectivity index (χ4v) is 4.42. The number of carbonyl (C=O) groups excluding carboxylic acids is 1. The molecule has 3 aromatic heterocycles. The molecule has 1 aliphatic heterocycles. The van der Waals surface area contributed by atoms with Crippen molar-refractivity contribution >= 4 is 11.7 Å². The monoisotopic (exact) mass is 374 g/mol. The number of hydrogen-bond donors (Lipinski definition) is 1. The van der Waals surface area contributed by atoms with Gasteiger partial charge in [-0.15, -0.1) is 0 Å². The molecule has 3 aromatic rings. The van der Waals surface area contributed by atoms with E-state index in [9.17, 15) is 4.79 Å². The van der Waals surface area contributed by atoms with Crippen molar-refractivity contribution in [3.63, 3.8) is 0 Å². The van der Waals surface area contributed by atoms with Crippen molar-refractivity contribution in [2.75, 3.05) is 5.32 Å². The van der Waals surface area contributed by atoms with Crippen LogP contribution in [-0.2, 0) is 4.79 Å². The highest BCUT2D eigenvalue weighted by Gasteiger charge is 2.34. The average molecular weight is 374 g/mol. The summed E-state index contributed by atoms with van der Waals surface area (Å²) in [5.41, 5.74) is 3.74. The number of nitrogens with zero attached hydrogens (tertiary/aromatic N) is 5. The third kappa shape index (κ3) is 2.87. The van der Waals surface area contributed by atoms with Crippen LogP contribution in [0.3, 0.4) is 0 Å². The lowest BCUT2D eigenvalue weighted by molar-refractivity contribution is -0.116. The quantitative estimate of drug-likeness (QED) is 0.756. The molecule has 1 aliphatic carbocycles. The van der Waals surface area contributed by atoms with Crippen LogP contribution < -0.4 is 5.32 Å². The van der Waals surface area contributed by atoms with Gasteiger partial charge in [-0.2, -0.15) is 5.10 Å². The molecule has 1 fully saturated rings. The zero-order chi connectivity index (χ0) is 19.1. The fraction of sp³-hybridized carbons (Fsp3) is 0.381. The minimum atomic E-state index is -0.0725. The van der Waals surface area contributed by atoms with Crippen LogP contribution in [0.2, 0.25) is 0 Å². The van der Waals surface area contributed by atoms with Crippen LogP contribution in [0.5, 0.6) is 0 Å². The summed E-state index contributed by atoms with van der Waals surface area (Å²) in [5, 5.41) is 7.87. The minimum Gasteiger partial charge on any atom is -0.311 e. The van der Waals surface area contributed by atoms with Crippen molar-refractivity contribution in [3.05, 3.63) is 53.6 Å². The smallest absolute Gasteiger partial charge is 0.226 e. The van der Waals surface area contributed by atoms with Gasteiger partial charge >= 0.3 is 0 Å². The summed E-state index contributed by atoms with van der Waals surface area (Å²) in [6, 6.07) is 6.05. The molecule has 0 spiro atoms. The van der Waals surface area contributed by atoms with Gasteiger partial charge in [0.05, 0.1) is 11.7 Å². The van der Waals surface area contributed by atoms with E-state index in [1.165, 1.54) is 12.8 Å². The molecule has 7 heteroatoms. The van der Waals surface area contributed by atoms with Crippen LogP contribution in [-0.4, -0.2) is 30.6 Å². The molecule has 5 rings (SSSR count). The zero-order valence-electron chi connectivity index (χ0n) is 15.8. The Bertz CT molecular complexity index is 1010. The summed E-state index contributed by atoms with van der Waals surface area (Å²) in [5.74, 6) is 1.39. The van der Waals surface area contributed by atoms with E-state index in [1.807, 2.05) is 42.2 Å². The van der Waals surface area contributed by atoms with E-state index in [-0.39, 0.29) is 11.8 Å². The van der Waals surface area contributed by atoms with Crippen molar-refractivity contribution in [1.29, 1.82) is 0 Å². The Morgan fingerprint density at radius 2 is 1.89 bits per heavy atom. The van der Waals surface area contributed by atoms with Gasteiger partial charge in [0.1, 0.15) is 11.5 Å². The molecule has 0 saturated heterocycles. The third-order valence-corrected chi connectivity index (χ3v) is 5.77. The number of nitrogens with one attached hydrogen (secondary N) is 1. The summed E-state index contributed by atoms with van der Waals surface area (Å²) >= 11 is 0. The largest absolute Gasteiger partial charge is 0.311 e. The molecular weight excluding hydrogens is 352 g/mol. The standard InChI is InChI=1S/C21H22N6O/c1-13-19-16(14-11-23-20(24-12-14)17-8-4-5-9-22-17)10-18(28)25-21(19)27(26-13)15-6-2-3-7-15/h4-5,8-9,11-12,15-16H,2-3,6-7,10H2,1H3,(H,25,28)/t16-/m1/s1. The summed E-state index contributed by atoms with van der Waals surface area (Å²) in [4.78, 5) is 25.8. The highest BCUT2D eigenvalue weighted by molar-refractivity contribution is 5.94. The molecule has 0 bridgehead atoms. The van der Waals surface area contributed by atoms with Crippen molar-refractivity contribution < 1.29 is 4.79 Å². The summed E-state index contributed by atoms with van der Waals surface area (Å²) in [6.07, 6.45) is 10.4. The highest BCUT2D eigenvalue weighted by atomic mass is 16.1. The van der Waals surface area contributed by atoms with Gasteiger partial charge in [-0.05, 0) is 37.5 Å². The molecule has 0 radical (unpaired) electrons. The summed E-state index contributed by atoms with van der Waals surface area (Å²) in [6.45, 7) is 2.03. The van der Waals surface area contributed by atoms with E-state index in [0.717, 1.165) is 41.2 Å². The summed E-state index contributed by atoms with van der Waals surface area (Å²) in [7, 11) is 0. The highest BCUT2D eigenvalue weighted by Crippen LogP contribution is 2.42. The van der Waals surface area contributed by atoms with E-state index >= 15 is 0 Å². The first-order valence-corrected chi connectivity index (χ1v) is 9.83. The number of aromatic nitrogens is 5. The second kappa shape index (κ2) is 6.82. The zero-order valence-corrected chi connectivity index (χ0v) is 15.8. The molecule has 0 unspecified atom stereocenters. The molecule has 4 heterocycles. The number of rotatable bonds is 3. The molecule has 1 atom stereocenters. The molecule has 7 nitrogen and oxygen atoms in total. The van der Waals surface area contributed by atoms with Crippen LogP contribution in [0, 0.1) is 6.92 Å². The van der Waals surface area contributed by atoms with Crippen molar-refractivity contribution in [1.82, 2.24) is 24.7 Å². The molecule has 1 saturated carbocycles. The SMILES string of the molecule is Cc1nn(C2CCCC2)c2c1[C@@H](c1cnc(-c3ccccn3)nc1)CC(=O)N2. The Hall–Kier alpha value is -3.09. The normalized spacial score (nSPS) is 19.5. The third-order valence-electron chi connectivity index (χ3n) is 5.77. The predicted molar refractivity (Wildman–Crippen MR) is 105 cm³/mol. The number of pyridine rings is 1. The first-order chi connectivity index (χ1) is 13.7. The molecule has 1 N–H and O–H groups in total. The second-order valence-electron chi connectivity index (χ2n) is 7.59. The lowest BCUT2D eigenvalue weighted by atomic mass is 9.87. The number of amides is 1. The Labute approximate surface area is 163 Å². The van der Waals surface area contributed by atoms with Crippen molar-refractivity contribution in [3.8, 4) is 11.5 Å². The summed E-state index contributed by atoms with van der Waals surface area (Å²) < 4.78 is 2.05. The van der Waals surface area contributed by atoms with Crippen molar-refractivity contribution in [2.24, 2.45) is 0 Å². The molecule has 1 amide bonds.